The number of carboxylic acid groups (broad SMARTS) is 1. The maximum absolute atomic E-state index is 13.7. The third-order valence-corrected chi connectivity index (χ3v) is 19.2. The molecule has 0 radical (unpaired) electrons. The van der Waals surface area contributed by atoms with Crippen molar-refractivity contribution in [1.82, 2.24) is 10.6 Å². The van der Waals surface area contributed by atoms with E-state index in [1.165, 1.54) is 24.3 Å². The highest BCUT2D eigenvalue weighted by atomic mass is 32.2. The predicted molar refractivity (Wildman–Crippen MR) is 324 cm³/mol. The van der Waals surface area contributed by atoms with Crippen LogP contribution in [0, 0.1) is 11.8 Å². The summed E-state index contributed by atoms with van der Waals surface area (Å²) in [6.45, 7) is 15.9. The van der Waals surface area contributed by atoms with Crippen LogP contribution in [0.5, 0.6) is 5.75 Å². The van der Waals surface area contributed by atoms with E-state index in [1.807, 2.05) is 89.2 Å². The average molecular weight is 1260 g/mol. The normalized spacial score (nSPS) is 18.2. The van der Waals surface area contributed by atoms with Crippen molar-refractivity contribution in [2.45, 2.75) is 165 Å². The van der Waals surface area contributed by atoms with Gasteiger partial charge in [-0.1, -0.05) is 66.2 Å². The van der Waals surface area contributed by atoms with Gasteiger partial charge in [0.15, 0.2) is 5.71 Å². The van der Waals surface area contributed by atoms with E-state index in [4.69, 9.17) is 4.74 Å². The monoisotopic (exact) mass is 1260 g/mol. The number of hydrogen-bond acceptors (Lipinski definition) is 13. The van der Waals surface area contributed by atoms with Gasteiger partial charge in [0.05, 0.1) is 26.7 Å². The van der Waals surface area contributed by atoms with Gasteiger partial charge in [-0.3, -0.25) is 27.8 Å². The highest BCUT2D eigenvalue weighted by Crippen LogP contribution is 2.49. The number of rotatable bonds is 29. The van der Waals surface area contributed by atoms with Crippen molar-refractivity contribution in [3.8, 4) is 5.75 Å². The van der Waals surface area contributed by atoms with Crippen LogP contribution in [0.15, 0.2) is 117 Å². The molecule has 3 atom stereocenters. The molecule has 0 spiro atoms. The molecular formula is C60H81N4O17S4+. The lowest BCUT2D eigenvalue weighted by Crippen LogP contribution is -2.52. The van der Waals surface area contributed by atoms with Crippen LogP contribution in [-0.2, 0) is 72.1 Å². The highest BCUT2D eigenvalue weighted by molar-refractivity contribution is 7.86. The van der Waals surface area contributed by atoms with Gasteiger partial charge >= 0.3 is 5.97 Å². The highest BCUT2D eigenvalue weighted by Gasteiger charge is 2.45. The Kier molecular flexibility index (Phi) is 22.2. The van der Waals surface area contributed by atoms with Crippen molar-refractivity contribution < 1.29 is 80.7 Å². The summed E-state index contributed by atoms with van der Waals surface area (Å²) in [5, 5.41) is 15.8. The Morgan fingerprint density at radius 1 is 0.729 bits per heavy atom. The van der Waals surface area contributed by atoms with Gasteiger partial charge in [0, 0.05) is 60.3 Å². The predicted octanol–water partition coefficient (Wildman–Crippen LogP) is 9.04. The Morgan fingerprint density at radius 2 is 1.34 bits per heavy atom. The maximum atomic E-state index is 13.7. The van der Waals surface area contributed by atoms with Gasteiger partial charge in [0.1, 0.15) is 30.1 Å². The molecule has 3 aliphatic rings. The molecule has 85 heavy (non-hydrogen) atoms. The van der Waals surface area contributed by atoms with Crippen molar-refractivity contribution in [2.24, 2.45) is 11.8 Å². The number of ether oxygens (including phenoxy) is 1. The zero-order chi connectivity index (χ0) is 63.0. The summed E-state index contributed by atoms with van der Waals surface area (Å²) in [6.07, 6.45) is 11.9. The summed E-state index contributed by atoms with van der Waals surface area (Å²) < 4.78 is 144. The quantitative estimate of drug-likeness (QED) is 0.0193. The fourth-order valence-electron chi connectivity index (χ4n) is 11.0. The van der Waals surface area contributed by atoms with Crippen LogP contribution in [0.3, 0.4) is 0 Å². The summed E-state index contributed by atoms with van der Waals surface area (Å²) in [6, 6.07) is 12.9. The minimum Gasteiger partial charge on any atom is -0.480 e. The number of anilines is 1. The lowest BCUT2D eigenvalue weighted by atomic mass is 9.81. The second-order valence-electron chi connectivity index (χ2n) is 23.7. The molecule has 3 aromatic rings. The number of aliphatic carboxylic acids is 1. The van der Waals surface area contributed by atoms with E-state index in [0.29, 0.717) is 102 Å². The molecule has 2 amide bonds. The van der Waals surface area contributed by atoms with Gasteiger partial charge < -0.3 is 25.4 Å². The number of fused-ring (bicyclic) bond motifs is 2. The van der Waals surface area contributed by atoms with Gasteiger partial charge in [-0.25, -0.2) is 4.79 Å². The Labute approximate surface area is 500 Å². The van der Waals surface area contributed by atoms with Crippen LogP contribution in [0.4, 0.5) is 11.4 Å². The zero-order valence-electron chi connectivity index (χ0n) is 49.4. The standard InChI is InChI=1S/C60H80N4O17S4/c1-9-40(4)17-30-55(65)61-49(35-39(2)3)57(66)62-50(58(67)68)36-41-18-22-44(23-19-41)81-56-42(20-28-53-59(5,6)47-37-45(84(75,76)77)24-26-51(47)63(53)31-10-12-33-82(69,70)71)15-14-16-43(56)21-29-54-60(7,8)48-38-46(85(78,79)80)25-27-52(48)64(54)32-11-13-34-83(72,73)74/h18-29,37-40,49-50H,9-17,30-36H2,1-8H3,(H6-,61,62,65,66,67,68,69,70,71,72,73,74,75,76,77,78,79,80)/p+1/t40?,49-,50-/m0/s1. The molecule has 7 N–H and O–H groups in total. The largest absolute Gasteiger partial charge is 0.480 e. The molecule has 6 rings (SSSR count). The summed E-state index contributed by atoms with van der Waals surface area (Å²) in [7, 11) is -17.7. The van der Waals surface area contributed by atoms with Crippen LogP contribution >= 0.6 is 0 Å². The fourth-order valence-corrected chi connectivity index (χ4v) is 13.2. The second-order valence-corrected chi connectivity index (χ2v) is 29.7. The van der Waals surface area contributed by atoms with Crippen LogP contribution in [0.25, 0.3) is 0 Å². The van der Waals surface area contributed by atoms with Gasteiger partial charge in [-0.05, 0) is 154 Å². The number of amides is 2. The van der Waals surface area contributed by atoms with E-state index in [9.17, 15) is 71.4 Å². The summed E-state index contributed by atoms with van der Waals surface area (Å²) in [5.74, 6) is -2.01. The zero-order valence-corrected chi connectivity index (χ0v) is 52.6. The number of carbonyl (C=O) groups is 3. The fraction of sp³-hybridized carbons (Fsp3) is 0.500. The minimum absolute atomic E-state index is 0.00828. The SMILES string of the molecule is CCC(C)CCC(=O)N[C@@H](CC(C)C)C(=O)N[C@@H](Cc1ccc(OC2=C(/C=C/C3=[N+](CCCCS(=O)(=O)O)c4ccc(S(=O)(=O)O)cc4C3(C)C)CCC/C2=C\C=C2\N(CCCCS(=O)(=O)O)c3ccc(S(=O)(=O)O)cc3C2(C)C)cc1)C(=O)O. The first kappa shape index (κ1) is 68.1. The Morgan fingerprint density at radius 3 is 1.93 bits per heavy atom. The molecule has 2 heterocycles. The van der Waals surface area contributed by atoms with E-state index in [0.717, 1.165) is 17.6 Å². The summed E-state index contributed by atoms with van der Waals surface area (Å²) >= 11 is 0. The molecule has 0 aromatic heterocycles. The van der Waals surface area contributed by atoms with E-state index in [2.05, 4.69) is 10.6 Å². The van der Waals surface area contributed by atoms with Gasteiger partial charge in [-0.2, -0.15) is 38.2 Å². The second kappa shape index (κ2) is 27.8. The maximum Gasteiger partial charge on any atom is 0.326 e. The van der Waals surface area contributed by atoms with Crippen LogP contribution in [0.2, 0.25) is 0 Å². The van der Waals surface area contributed by atoms with Crippen molar-refractivity contribution in [1.29, 1.82) is 0 Å². The average Bonchev–Trinajstić information content (AvgIpc) is 2.05. The molecule has 3 aromatic carbocycles. The van der Waals surface area contributed by atoms with Gasteiger partial charge in [0.25, 0.3) is 40.5 Å². The molecule has 0 fully saturated rings. The lowest BCUT2D eigenvalue weighted by Gasteiger charge is -2.27. The third-order valence-electron chi connectivity index (χ3n) is 15.9. The number of carbonyl (C=O) groups excluding carboxylic acids is 2. The molecule has 1 aliphatic carbocycles. The molecule has 0 bridgehead atoms. The van der Waals surface area contributed by atoms with Crippen molar-refractivity contribution in [3.63, 3.8) is 0 Å². The van der Waals surface area contributed by atoms with Gasteiger partial charge in [-0.15, -0.1) is 0 Å². The first-order chi connectivity index (χ1) is 39.5. The molecule has 2 aliphatic heterocycles. The first-order valence-corrected chi connectivity index (χ1v) is 34.6. The van der Waals surface area contributed by atoms with Crippen molar-refractivity contribution in [2.75, 3.05) is 29.5 Å². The Hall–Kier alpha value is -6.06. The van der Waals surface area contributed by atoms with Gasteiger partial charge in [0.2, 0.25) is 17.5 Å². The number of benzene rings is 3. The van der Waals surface area contributed by atoms with E-state index in [1.54, 1.807) is 36.4 Å². The van der Waals surface area contributed by atoms with E-state index in [-0.39, 0.29) is 60.4 Å². The Bertz CT molecular complexity index is 3640. The molecule has 25 heteroatoms. The lowest BCUT2D eigenvalue weighted by molar-refractivity contribution is -0.438. The van der Waals surface area contributed by atoms with Crippen LogP contribution in [0.1, 0.15) is 143 Å². The number of nitrogens with one attached hydrogen (secondary N) is 2. The number of nitrogens with zero attached hydrogens (tertiary/aromatic N) is 2. The molecule has 466 valence electrons. The minimum atomic E-state index is -4.61. The molecule has 0 saturated heterocycles. The number of unbranched alkanes of at least 4 members (excludes halogenated alkanes) is 2. The topological polar surface area (TPSA) is 328 Å². The van der Waals surface area contributed by atoms with Crippen molar-refractivity contribution in [3.05, 3.63) is 124 Å². The molecule has 1 unspecified atom stereocenters. The first-order valence-electron chi connectivity index (χ1n) is 28.5. The van der Waals surface area contributed by atoms with Crippen LogP contribution in [-0.4, -0.2) is 122 Å². The van der Waals surface area contributed by atoms with E-state index >= 15 is 0 Å². The molecular weight excluding hydrogens is 1180 g/mol. The third kappa shape index (κ3) is 18.2. The Balaban J connectivity index is 1.43. The van der Waals surface area contributed by atoms with E-state index < -0.39 is 86.8 Å². The molecule has 0 saturated carbocycles. The summed E-state index contributed by atoms with van der Waals surface area (Å²) in [5.41, 5.74) is 3.96. The molecule has 21 nitrogen and oxygen atoms in total. The smallest absolute Gasteiger partial charge is 0.326 e. The van der Waals surface area contributed by atoms with Crippen LogP contribution < -0.4 is 20.3 Å². The van der Waals surface area contributed by atoms with Crippen molar-refractivity contribution >= 4 is 75.3 Å². The number of hydrogen-bond donors (Lipinski definition) is 7. The summed E-state index contributed by atoms with van der Waals surface area (Å²) in [4.78, 5) is 40.6. The number of carboxylic acids is 1. The number of allylic oxidation sites excluding steroid dienone is 7.